The van der Waals surface area contributed by atoms with Gasteiger partial charge in [-0.25, -0.2) is 8.42 Å². The van der Waals surface area contributed by atoms with Crippen molar-refractivity contribution in [1.82, 2.24) is 0 Å². The number of halogens is 5. The van der Waals surface area contributed by atoms with E-state index in [1.807, 2.05) is 26.8 Å². The number of fused-ring (bicyclic) bond motifs is 2. The lowest BCUT2D eigenvalue weighted by atomic mass is 9.82. The zero-order valence-electron chi connectivity index (χ0n) is 55.8. The maximum Gasteiger partial charge on any atom is 0.534 e. The first-order valence-electron chi connectivity index (χ1n) is 32.2. The van der Waals surface area contributed by atoms with Gasteiger partial charge in [-0.1, -0.05) is 118 Å². The molecule has 1 aromatic rings. The number of hydrogen-bond donors (Lipinski definition) is 1. The number of esters is 2. The molecule has 528 valence electrons. The van der Waals surface area contributed by atoms with Crippen molar-refractivity contribution >= 4 is 87.0 Å². The summed E-state index contributed by atoms with van der Waals surface area (Å²) >= 11 is 4.67. The number of ether oxygens (including phenoxy) is 8. The second-order valence-electron chi connectivity index (χ2n) is 27.9. The van der Waals surface area contributed by atoms with E-state index in [9.17, 15) is 44.7 Å². The van der Waals surface area contributed by atoms with E-state index in [2.05, 4.69) is 90.2 Å². The average Bonchev–Trinajstić information content (AvgIpc) is 1.78. The van der Waals surface area contributed by atoms with Gasteiger partial charge in [0.05, 0.1) is 89.6 Å². The van der Waals surface area contributed by atoms with Gasteiger partial charge in [-0.15, -0.1) is 0 Å². The van der Waals surface area contributed by atoms with Crippen molar-refractivity contribution in [2.24, 2.45) is 40.4 Å². The molecule has 2 unspecified atom stereocenters. The van der Waals surface area contributed by atoms with Crippen LogP contribution in [-0.2, 0) is 71.6 Å². The Bertz CT molecular complexity index is 2640. The van der Waals surface area contributed by atoms with E-state index in [4.69, 9.17) is 37.9 Å². The first-order valence-corrected chi connectivity index (χ1v) is 38.3. The van der Waals surface area contributed by atoms with Crippen LogP contribution in [0.25, 0.3) is 0 Å². The van der Waals surface area contributed by atoms with Crippen LogP contribution in [0, 0.1) is 40.4 Å². The van der Waals surface area contributed by atoms with Gasteiger partial charge in [0.2, 0.25) is 0 Å². The Morgan fingerprint density at radius 3 is 1.60 bits per heavy atom. The van der Waals surface area contributed by atoms with Crippen molar-refractivity contribution in [1.29, 1.82) is 0 Å². The van der Waals surface area contributed by atoms with Gasteiger partial charge < -0.3 is 52.7 Å². The number of alkyl halides is 5. The number of rotatable bonds is 27. The largest absolute Gasteiger partial charge is 0.534 e. The van der Waals surface area contributed by atoms with Crippen LogP contribution < -0.4 is 0 Å². The lowest BCUT2D eigenvalue weighted by molar-refractivity contribution is -0.156. The van der Waals surface area contributed by atoms with E-state index in [1.54, 1.807) is 52.0 Å². The minimum Gasteiger partial charge on any atom is -0.465 e. The van der Waals surface area contributed by atoms with E-state index in [1.165, 1.54) is 12.8 Å². The molecule has 17 atom stereocenters. The van der Waals surface area contributed by atoms with Gasteiger partial charge in [0.25, 0.3) is 0 Å². The Kier molecular flexibility index (Phi) is 34.2. The first-order chi connectivity index (χ1) is 41.5. The number of carbonyl (C=O) groups is 2. The zero-order valence-corrected chi connectivity index (χ0v) is 63.2. The Hall–Kier alpha value is -1.30. The fraction of sp³-hybridized carbons (Fsp3) is 0.818. The van der Waals surface area contributed by atoms with Crippen LogP contribution in [0.5, 0.6) is 0 Å². The van der Waals surface area contributed by atoms with E-state index < -0.39 is 59.7 Å². The Morgan fingerprint density at radius 1 is 0.714 bits per heavy atom. The van der Waals surface area contributed by atoms with E-state index in [0.29, 0.717) is 54.1 Å². The average molecular weight is 1580 g/mol. The summed E-state index contributed by atoms with van der Waals surface area (Å²) in [4.78, 5) is 24.3. The molecule has 1 aromatic carbocycles. The van der Waals surface area contributed by atoms with E-state index in [0.717, 1.165) is 87.4 Å². The summed E-state index contributed by atoms with van der Waals surface area (Å²) in [7, 11) is -9.26. The molecule has 0 bridgehead atoms. The second kappa shape index (κ2) is 37.0. The molecular formula is C66H110F3I2O17PS2. The summed E-state index contributed by atoms with van der Waals surface area (Å²) in [5.41, 5.74) is -6.66. The molecule has 6 aliphatic heterocycles. The number of benzene rings is 1. The van der Waals surface area contributed by atoms with Gasteiger partial charge >= 0.3 is 27.6 Å². The molecular weight excluding hydrogens is 1470 g/mol. The van der Waals surface area contributed by atoms with Gasteiger partial charge in [0.1, 0.15) is 17.0 Å². The van der Waals surface area contributed by atoms with Gasteiger partial charge in [-0.2, -0.15) is 31.5 Å². The van der Waals surface area contributed by atoms with Gasteiger partial charge in [0.15, 0.2) is 9.84 Å². The summed E-state index contributed by atoms with van der Waals surface area (Å²) in [5, 5.41) is 11.6. The van der Waals surface area contributed by atoms with Gasteiger partial charge in [-0.05, 0) is 160 Å². The third-order valence-corrected chi connectivity index (χ3v) is 23.8. The summed E-state index contributed by atoms with van der Waals surface area (Å²) in [5.74, 6) is -1.24. The molecule has 0 amide bonds. The first kappa shape index (κ1) is 83.9. The normalized spacial score (nSPS) is 29.6. The minimum atomic E-state index is -5.74. The Balaban J connectivity index is 0.000000457. The summed E-state index contributed by atoms with van der Waals surface area (Å²) in [6.45, 7) is 31.6. The fourth-order valence-corrected chi connectivity index (χ4v) is 16.8. The number of aliphatic hydroxyl groups is 1. The van der Waals surface area contributed by atoms with Gasteiger partial charge in [0, 0.05) is 53.2 Å². The van der Waals surface area contributed by atoms with E-state index >= 15 is 0 Å². The molecule has 0 saturated carbocycles. The molecule has 3 N–H and O–H groups in total. The second-order valence-corrected chi connectivity index (χ2v) is 33.0. The lowest BCUT2D eigenvalue weighted by Crippen LogP contribution is -2.50. The molecule has 91 heavy (non-hydrogen) atoms. The molecule has 6 heterocycles. The maximum atomic E-state index is 13.5. The van der Waals surface area contributed by atoms with Crippen LogP contribution in [0.4, 0.5) is 13.2 Å². The number of carbonyl (C=O) groups excluding carboxylic acids is 2. The van der Waals surface area contributed by atoms with Crippen LogP contribution in [0.2, 0.25) is 0 Å². The molecule has 6 fully saturated rings. The molecule has 17 nitrogen and oxygen atoms in total. The molecule has 6 aliphatic rings. The molecule has 0 radical (unpaired) electrons. The highest BCUT2D eigenvalue weighted by atomic mass is 127. The standard InChI is InChI=1S/C40H63IO8S.C22H34F3IO7S.C4H8O.H2O.H3P/c1-9-26(2)20-35-29(5)33(24-50(44,45)32-15-11-10-12-16-32)36(48-35)22-34(42)28(4)27(3)21-30-17-18-37-40(25-41,49-30)23-31(47-37)14-13-19-46-38(43)39(6,7)8;1-14(15(2)33-34(28,29)22(23,24)25)11-16-8-9-18-21(13-26,32-16)12-17(31-18)7-6-10-30-19(27)20(3,4)5;1-2-4-5-3-1;;/h10-12,15-16,26-27,29-31,33-37,42H,4,9,13-14,17-25H2,1-3,5-8H3;14,16-18H,2,6-13H2,1,3-5H3;1-4H2;1H2;1H3/t26-,27-,29-,30-,31+,33-,34-,35-,36?,37+,40-;14-,16-,17+,18+,21-;;;/m11.../s1. The summed E-state index contributed by atoms with van der Waals surface area (Å²) < 4.78 is 141. The molecule has 0 spiro atoms. The predicted molar refractivity (Wildman–Crippen MR) is 368 cm³/mol. The quantitative estimate of drug-likeness (QED) is 0.00991. The smallest absolute Gasteiger partial charge is 0.465 e. The van der Waals surface area contributed by atoms with Crippen molar-refractivity contribution in [3.8, 4) is 0 Å². The van der Waals surface area contributed by atoms with Crippen LogP contribution in [-0.4, -0.2) is 152 Å². The van der Waals surface area contributed by atoms with Crippen LogP contribution in [0.15, 0.2) is 59.7 Å². The maximum absolute atomic E-state index is 13.5. The highest BCUT2D eigenvalue weighted by Gasteiger charge is 2.55. The SMILES string of the molecule is C1CCOC1.C=C(OS(=O)(=O)C(F)(F)F)[C@H](C)C[C@H]1CC[C@@H]2O[C@@H](CCCOC(=O)C(C)(C)C)C[C@]2(CI)O1.C=C([C@H](C)C[C@H]1CC[C@@H]2O[C@@H](CCCOC(=O)C(C)(C)C)C[C@]2(CI)O1)[C@H](O)CC1O[C@H](C[C@H](C)CC)[C@H](C)[C@H]1CS(=O)(=O)c1ccccc1.O.P. The van der Waals surface area contributed by atoms with Crippen molar-refractivity contribution in [2.45, 2.75) is 262 Å². The minimum absolute atomic E-state index is 0. The fourth-order valence-electron chi connectivity index (χ4n) is 12.5. The topological polar surface area (TPSA) is 237 Å². The number of sulfone groups is 1. The third kappa shape index (κ3) is 24.6. The molecule has 6 saturated heterocycles. The van der Waals surface area contributed by atoms with Crippen molar-refractivity contribution < 1.29 is 92.3 Å². The van der Waals surface area contributed by atoms with Crippen molar-refractivity contribution in [2.75, 3.05) is 41.0 Å². The lowest BCUT2D eigenvalue weighted by Gasteiger charge is -2.42. The van der Waals surface area contributed by atoms with Crippen molar-refractivity contribution in [3.05, 3.63) is 54.8 Å². The zero-order chi connectivity index (χ0) is 66.3. The number of aliphatic hydroxyl groups excluding tert-OH is 1. The molecule has 25 heteroatoms. The van der Waals surface area contributed by atoms with E-state index in [-0.39, 0.29) is 112 Å². The monoisotopic (exact) mass is 1580 g/mol. The van der Waals surface area contributed by atoms with Crippen LogP contribution >= 0.6 is 55.1 Å². The van der Waals surface area contributed by atoms with Crippen LogP contribution in [0.3, 0.4) is 0 Å². The summed E-state index contributed by atoms with van der Waals surface area (Å²) in [6, 6.07) is 8.64. The Morgan fingerprint density at radius 2 is 1.19 bits per heavy atom. The number of hydrogen-bond acceptors (Lipinski definition) is 16. The van der Waals surface area contributed by atoms with Gasteiger partial charge in [-0.3, -0.25) is 9.59 Å². The highest BCUT2D eigenvalue weighted by molar-refractivity contribution is 14.1. The molecule has 0 aliphatic carbocycles. The number of allylic oxidation sites excluding steroid dienone is 1. The van der Waals surface area contributed by atoms with Crippen molar-refractivity contribution in [3.63, 3.8) is 0 Å². The third-order valence-electron chi connectivity index (χ3n) is 18.4. The Labute approximate surface area is 573 Å². The summed E-state index contributed by atoms with van der Waals surface area (Å²) in [6.07, 6.45) is 11.9. The molecule has 7 rings (SSSR count). The molecule has 0 aromatic heterocycles. The highest BCUT2D eigenvalue weighted by Crippen LogP contribution is 2.48. The predicted octanol–water partition coefficient (Wildman–Crippen LogP) is 13.4. The van der Waals surface area contributed by atoms with Crippen LogP contribution in [0.1, 0.15) is 185 Å².